The van der Waals surface area contributed by atoms with E-state index in [4.69, 9.17) is 23.2 Å². The number of rotatable bonds is 7. The van der Waals surface area contributed by atoms with Crippen molar-refractivity contribution in [3.63, 3.8) is 0 Å². The summed E-state index contributed by atoms with van der Waals surface area (Å²) < 4.78 is 0. The summed E-state index contributed by atoms with van der Waals surface area (Å²) in [5.41, 5.74) is 1.42. The molecule has 5 nitrogen and oxygen atoms in total. The van der Waals surface area contributed by atoms with Crippen LogP contribution in [-0.2, 0) is 11.3 Å². The Kier molecular flexibility index (Phi) is 7.81. The molecule has 1 aliphatic rings. The predicted octanol–water partition coefficient (Wildman–Crippen LogP) is 5.72. The number of piperidine rings is 1. The van der Waals surface area contributed by atoms with Crippen LogP contribution >= 0.6 is 35.0 Å². The molecule has 0 bridgehead atoms. The topological polar surface area (TPSA) is 69.6 Å². The lowest BCUT2D eigenvalue weighted by atomic mass is 10.0. The first-order valence-corrected chi connectivity index (χ1v) is 12.5. The van der Waals surface area contributed by atoms with Crippen LogP contribution in [0.1, 0.15) is 28.8 Å². The Morgan fingerprint density at radius 2 is 1.82 bits per heavy atom. The third kappa shape index (κ3) is 6.21. The van der Waals surface area contributed by atoms with Crippen molar-refractivity contribution < 1.29 is 14.7 Å². The quantitative estimate of drug-likeness (QED) is 0.404. The number of likely N-dealkylation sites (tertiary alicyclic amines) is 1. The highest BCUT2D eigenvalue weighted by Gasteiger charge is 2.21. The number of carboxylic acid groups (broad SMARTS) is 1. The molecule has 1 amide bonds. The molecule has 1 heterocycles. The fourth-order valence-corrected chi connectivity index (χ4v) is 5.16. The van der Waals surface area contributed by atoms with Crippen LogP contribution in [0.4, 0.5) is 0 Å². The molecule has 0 radical (unpaired) electrons. The molecule has 172 valence electrons. The van der Waals surface area contributed by atoms with Gasteiger partial charge in [0.05, 0.1) is 21.4 Å². The Morgan fingerprint density at radius 3 is 2.55 bits per heavy atom. The zero-order valence-corrected chi connectivity index (χ0v) is 20.2. The molecule has 3 aromatic rings. The minimum atomic E-state index is -0.941. The molecule has 0 unspecified atom stereocenters. The molecule has 0 atom stereocenters. The van der Waals surface area contributed by atoms with Crippen molar-refractivity contribution in [2.24, 2.45) is 0 Å². The van der Waals surface area contributed by atoms with E-state index in [1.165, 1.54) is 11.8 Å². The average molecular weight is 503 g/mol. The first kappa shape index (κ1) is 23.9. The van der Waals surface area contributed by atoms with Crippen LogP contribution in [0.3, 0.4) is 0 Å². The third-order valence-corrected chi connectivity index (χ3v) is 7.53. The summed E-state index contributed by atoms with van der Waals surface area (Å²) >= 11 is 13.6. The molecule has 1 fully saturated rings. The second-order valence-corrected chi connectivity index (χ2v) is 10.0. The number of carboxylic acids is 1. The maximum absolute atomic E-state index is 12.5. The fourth-order valence-electron chi connectivity index (χ4n) is 4.09. The molecule has 1 saturated heterocycles. The van der Waals surface area contributed by atoms with E-state index in [1.54, 1.807) is 12.1 Å². The van der Waals surface area contributed by atoms with Gasteiger partial charge in [0.2, 0.25) is 5.91 Å². The van der Waals surface area contributed by atoms with Gasteiger partial charge in [0.1, 0.15) is 0 Å². The number of amides is 1. The first-order valence-electron chi connectivity index (χ1n) is 10.7. The number of carbonyl (C=O) groups is 2. The summed E-state index contributed by atoms with van der Waals surface area (Å²) in [7, 11) is 0. The zero-order valence-electron chi connectivity index (χ0n) is 17.9. The molecule has 4 rings (SSSR count). The van der Waals surface area contributed by atoms with Gasteiger partial charge in [0, 0.05) is 30.6 Å². The number of hydrogen-bond donors (Lipinski definition) is 2. The fraction of sp³-hybridized carbons (Fsp3) is 0.280. The monoisotopic (exact) mass is 502 g/mol. The van der Waals surface area contributed by atoms with E-state index in [-0.39, 0.29) is 17.5 Å². The predicted molar refractivity (Wildman–Crippen MR) is 135 cm³/mol. The van der Waals surface area contributed by atoms with Crippen molar-refractivity contribution in [1.29, 1.82) is 0 Å². The molecule has 1 aliphatic heterocycles. The van der Waals surface area contributed by atoms with E-state index in [9.17, 15) is 14.7 Å². The third-order valence-electron chi connectivity index (χ3n) is 5.80. The highest BCUT2D eigenvalue weighted by molar-refractivity contribution is 8.00. The van der Waals surface area contributed by atoms with Crippen LogP contribution < -0.4 is 5.32 Å². The van der Waals surface area contributed by atoms with Gasteiger partial charge in [-0.1, -0.05) is 47.5 Å². The van der Waals surface area contributed by atoms with Crippen molar-refractivity contribution in [3.8, 4) is 0 Å². The molecule has 2 N–H and O–H groups in total. The Hall–Kier alpha value is -2.25. The highest BCUT2D eigenvalue weighted by atomic mass is 35.5. The van der Waals surface area contributed by atoms with Crippen LogP contribution in [0.15, 0.2) is 59.5 Å². The minimum absolute atomic E-state index is 0.0160. The van der Waals surface area contributed by atoms with Gasteiger partial charge in [-0.2, -0.15) is 0 Å². The molecule has 0 aromatic heterocycles. The van der Waals surface area contributed by atoms with Gasteiger partial charge in [0.25, 0.3) is 0 Å². The van der Waals surface area contributed by atoms with Gasteiger partial charge >= 0.3 is 5.97 Å². The summed E-state index contributed by atoms with van der Waals surface area (Å²) in [6.07, 6.45) is 1.82. The van der Waals surface area contributed by atoms with E-state index in [0.29, 0.717) is 21.2 Å². The summed E-state index contributed by atoms with van der Waals surface area (Å²) in [4.78, 5) is 27.2. The molecule has 3 aromatic carbocycles. The number of thioether (sulfide) groups is 1. The van der Waals surface area contributed by atoms with E-state index in [2.05, 4.69) is 10.2 Å². The van der Waals surface area contributed by atoms with Gasteiger partial charge in [-0.15, -0.1) is 11.8 Å². The van der Waals surface area contributed by atoms with E-state index >= 15 is 0 Å². The SMILES string of the molecule is O=C(CSc1ccc2c(C(=O)O)cccc2c1)NC1CCN(Cc2ccc(Cl)c(Cl)c2)CC1. The van der Waals surface area contributed by atoms with E-state index in [0.717, 1.165) is 48.3 Å². The van der Waals surface area contributed by atoms with Crippen LogP contribution in [0, 0.1) is 0 Å². The molecule has 0 spiro atoms. The van der Waals surface area contributed by atoms with Crippen LogP contribution in [-0.4, -0.2) is 46.8 Å². The van der Waals surface area contributed by atoms with Gasteiger partial charge in [-0.25, -0.2) is 4.79 Å². The number of carbonyl (C=O) groups excluding carboxylic acids is 1. The molecule has 0 aliphatic carbocycles. The summed E-state index contributed by atoms with van der Waals surface area (Å²) in [6, 6.07) is 16.7. The van der Waals surface area contributed by atoms with Crippen molar-refractivity contribution in [2.75, 3.05) is 18.8 Å². The summed E-state index contributed by atoms with van der Waals surface area (Å²) in [5.74, 6) is -0.598. The molecular formula is C25H24Cl2N2O3S. The maximum atomic E-state index is 12.5. The van der Waals surface area contributed by atoms with Crippen molar-refractivity contribution in [3.05, 3.63) is 75.8 Å². The second-order valence-electron chi connectivity index (χ2n) is 8.15. The normalized spacial score (nSPS) is 15.0. The summed E-state index contributed by atoms with van der Waals surface area (Å²) in [6.45, 7) is 2.64. The minimum Gasteiger partial charge on any atom is -0.478 e. The highest BCUT2D eigenvalue weighted by Crippen LogP contribution is 2.27. The lowest BCUT2D eigenvalue weighted by molar-refractivity contribution is -0.119. The van der Waals surface area contributed by atoms with E-state index < -0.39 is 5.97 Å². The average Bonchev–Trinajstić information content (AvgIpc) is 2.80. The number of halogens is 2. The van der Waals surface area contributed by atoms with Crippen molar-refractivity contribution >= 4 is 57.6 Å². The maximum Gasteiger partial charge on any atom is 0.336 e. The van der Waals surface area contributed by atoms with Crippen LogP contribution in [0.2, 0.25) is 10.0 Å². The number of nitrogens with one attached hydrogen (secondary N) is 1. The number of hydrogen-bond acceptors (Lipinski definition) is 4. The van der Waals surface area contributed by atoms with Gasteiger partial charge in [-0.05, 0) is 59.5 Å². The smallest absolute Gasteiger partial charge is 0.336 e. The van der Waals surface area contributed by atoms with E-state index in [1.807, 2.05) is 42.5 Å². The first-order chi connectivity index (χ1) is 15.9. The van der Waals surface area contributed by atoms with Gasteiger partial charge < -0.3 is 10.4 Å². The Labute approximate surface area is 207 Å². The Balaban J connectivity index is 1.24. The second kappa shape index (κ2) is 10.8. The molecule has 33 heavy (non-hydrogen) atoms. The lowest BCUT2D eigenvalue weighted by Gasteiger charge is -2.32. The number of aromatic carboxylic acids is 1. The van der Waals surface area contributed by atoms with Gasteiger partial charge in [-0.3, -0.25) is 9.69 Å². The molecular weight excluding hydrogens is 479 g/mol. The number of nitrogens with zero attached hydrogens (tertiary/aromatic N) is 1. The van der Waals surface area contributed by atoms with Crippen LogP contribution in [0.25, 0.3) is 10.8 Å². The van der Waals surface area contributed by atoms with Crippen molar-refractivity contribution in [2.45, 2.75) is 30.3 Å². The van der Waals surface area contributed by atoms with Crippen molar-refractivity contribution in [1.82, 2.24) is 10.2 Å². The Bertz CT molecular complexity index is 1180. The van der Waals surface area contributed by atoms with Gasteiger partial charge in [0.15, 0.2) is 0 Å². The zero-order chi connectivity index (χ0) is 23.4. The largest absolute Gasteiger partial charge is 0.478 e. The van der Waals surface area contributed by atoms with Crippen LogP contribution in [0.5, 0.6) is 0 Å². The standard InChI is InChI=1S/C25H24Cl2N2O3S/c26-22-7-4-16(12-23(22)27)14-29-10-8-18(9-11-29)28-24(30)15-33-19-5-6-20-17(13-19)2-1-3-21(20)25(31)32/h1-7,12-13,18H,8-11,14-15H2,(H,28,30)(H,31,32). The number of fused-ring (bicyclic) bond motifs is 1. The Morgan fingerprint density at radius 1 is 1.03 bits per heavy atom. The summed E-state index contributed by atoms with van der Waals surface area (Å²) in [5, 5.41) is 15.2. The molecule has 0 saturated carbocycles. The lowest BCUT2D eigenvalue weighted by Crippen LogP contribution is -2.44. The number of benzene rings is 3. The molecule has 8 heteroatoms.